The Labute approximate surface area is 218 Å². The number of anilines is 2. The SMILES string of the molecule is Cc1ccc(C(=O)Nc2ccc(COCc3ccc(NC(=O)c4ccc(C)c(C)c4)cc3)cc2)cc1C. The minimum absolute atomic E-state index is 0.124. The van der Waals surface area contributed by atoms with Crippen molar-refractivity contribution in [3.05, 3.63) is 129 Å². The van der Waals surface area contributed by atoms with E-state index < -0.39 is 0 Å². The Balaban J connectivity index is 1.24. The second-order valence-electron chi connectivity index (χ2n) is 9.39. The third-order valence-electron chi connectivity index (χ3n) is 6.50. The zero-order valence-corrected chi connectivity index (χ0v) is 21.7. The molecule has 37 heavy (non-hydrogen) atoms. The molecule has 0 aliphatic carbocycles. The van der Waals surface area contributed by atoms with Crippen molar-refractivity contribution in [2.45, 2.75) is 40.9 Å². The van der Waals surface area contributed by atoms with Crippen LogP contribution in [0.15, 0.2) is 84.9 Å². The Morgan fingerprint density at radius 3 is 1.27 bits per heavy atom. The molecule has 2 amide bonds. The Kier molecular flexibility index (Phi) is 8.16. The van der Waals surface area contributed by atoms with Gasteiger partial charge in [-0.3, -0.25) is 9.59 Å². The van der Waals surface area contributed by atoms with Gasteiger partial charge in [-0.05, 0) is 110 Å². The van der Waals surface area contributed by atoms with Crippen molar-refractivity contribution in [3.8, 4) is 0 Å². The average Bonchev–Trinajstić information content (AvgIpc) is 2.89. The van der Waals surface area contributed by atoms with Gasteiger partial charge in [0.1, 0.15) is 0 Å². The van der Waals surface area contributed by atoms with Crippen molar-refractivity contribution in [2.24, 2.45) is 0 Å². The minimum Gasteiger partial charge on any atom is -0.372 e. The van der Waals surface area contributed by atoms with Crippen LogP contribution >= 0.6 is 0 Å². The van der Waals surface area contributed by atoms with Crippen molar-refractivity contribution < 1.29 is 14.3 Å². The molecule has 0 unspecified atom stereocenters. The Morgan fingerprint density at radius 1 is 0.541 bits per heavy atom. The van der Waals surface area contributed by atoms with Crippen LogP contribution in [0.3, 0.4) is 0 Å². The second kappa shape index (κ2) is 11.7. The van der Waals surface area contributed by atoms with E-state index in [-0.39, 0.29) is 11.8 Å². The highest BCUT2D eigenvalue weighted by molar-refractivity contribution is 6.05. The molecule has 0 heterocycles. The molecule has 4 aromatic rings. The monoisotopic (exact) mass is 492 g/mol. The zero-order chi connectivity index (χ0) is 26.4. The maximum absolute atomic E-state index is 12.5. The standard InChI is InChI=1S/C32H32N2O3/c1-21-5-11-27(17-23(21)3)31(35)33-29-13-7-25(8-14-29)19-37-20-26-9-15-30(16-10-26)34-32(36)28-12-6-22(2)24(4)18-28/h5-18H,19-20H2,1-4H3,(H,33,35)(H,34,36). The predicted octanol–water partition coefficient (Wildman–Crippen LogP) is 7.14. The number of ether oxygens (including phenoxy) is 1. The third kappa shape index (κ3) is 6.93. The quantitative estimate of drug-likeness (QED) is 0.275. The summed E-state index contributed by atoms with van der Waals surface area (Å²) in [7, 11) is 0. The smallest absolute Gasteiger partial charge is 0.255 e. The van der Waals surface area contributed by atoms with E-state index >= 15 is 0 Å². The predicted molar refractivity (Wildman–Crippen MR) is 149 cm³/mol. The Bertz CT molecular complexity index is 1300. The normalized spacial score (nSPS) is 10.7. The van der Waals surface area contributed by atoms with Crippen LogP contribution in [0.2, 0.25) is 0 Å². The summed E-state index contributed by atoms with van der Waals surface area (Å²) in [5.74, 6) is -0.249. The van der Waals surface area contributed by atoms with Crippen molar-refractivity contribution in [1.29, 1.82) is 0 Å². The van der Waals surface area contributed by atoms with Gasteiger partial charge >= 0.3 is 0 Å². The van der Waals surface area contributed by atoms with E-state index in [0.29, 0.717) is 24.3 Å². The van der Waals surface area contributed by atoms with E-state index in [1.165, 1.54) is 0 Å². The number of aryl methyl sites for hydroxylation is 4. The summed E-state index contributed by atoms with van der Waals surface area (Å²) < 4.78 is 5.86. The molecule has 4 aromatic carbocycles. The maximum atomic E-state index is 12.5. The number of nitrogens with one attached hydrogen (secondary N) is 2. The molecule has 5 nitrogen and oxygen atoms in total. The van der Waals surface area contributed by atoms with E-state index in [0.717, 1.165) is 44.8 Å². The van der Waals surface area contributed by atoms with Gasteiger partial charge in [-0.1, -0.05) is 36.4 Å². The topological polar surface area (TPSA) is 67.4 Å². The van der Waals surface area contributed by atoms with Crippen LogP contribution in [0.4, 0.5) is 11.4 Å². The summed E-state index contributed by atoms with van der Waals surface area (Å²) in [6.07, 6.45) is 0. The molecule has 0 aliphatic heterocycles. The fraction of sp³-hybridized carbons (Fsp3) is 0.188. The molecular formula is C32H32N2O3. The largest absolute Gasteiger partial charge is 0.372 e. The molecule has 0 atom stereocenters. The zero-order valence-electron chi connectivity index (χ0n) is 21.7. The van der Waals surface area contributed by atoms with Gasteiger partial charge in [-0.25, -0.2) is 0 Å². The average molecular weight is 493 g/mol. The lowest BCUT2D eigenvalue weighted by Crippen LogP contribution is -2.12. The molecular weight excluding hydrogens is 460 g/mol. The maximum Gasteiger partial charge on any atom is 0.255 e. The summed E-state index contributed by atoms with van der Waals surface area (Å²) in [5, 5.41) is 5.88. The molecule has 0 saturated carbocycles. The number of rotatable bonds is 8. The highest BCUT2D eigenvalue weighted by Gasteiger charge is 2.09. The van der Waals surface area contributed by atoms with E-state index in [9.17, 15) is 9.59 Å². The van der Waals surface area contributed by atoms with Crippen molar-refractivity contribution in [1.82, 2.24) is 0 Å². The summed E-state index contributed by atoms with van der Waals surface area (Å²) in [6.45, 7) is 8.97. The molecule has 0 saturated heterocycles. The summed E-state index contributed by atoms with van der Waals surface area (Å²) >= 11 is 0. The number of benzene rings is 4. The van der Waals surface area contributed by atoms with Gasteiger partial charge in [0.25, 0.3) is 11.8 Å². The molecule has 0 radical (unpaired) electrons. The highest BCUT2D eigenvalue weighted by Crippen LogP contribution is 2.17. The fourth-order valence-electron chi connectivity index (χ4n) is 3.83. The summed E-state index contributed by atoms with van der Waals surface area (Å²) in [4.78, 5) is 25.0. The van der Waals surface area contributed by atoms with Gasteiger partial charge < -0.3 is 15.4 Å². The van der Waals surface area contributed by atoms with Crippen molar-refractivity contribution >= 4 is 23.2 Å². The molecule has 0 aromatic heterocycles. The van der Waals surface area contributed by atoms with Gasteiger partial charge in [0, 0.05) is 22.5 Å². The molecule has 2 N–H and O–H groups in total. The highest BCUT2D eigenvalue weighted by atomic mass is 16.5. The first kappa shape index (κ1) is 25.9. The molecule has 0 bridgehead atoms. The second-order valence-corrected chi connectivity index (χ2v) is 9.39. The van der Waals surface area contributed by atoms with E-state index in [2.05, 4.69) is 10.6 Å². The minimum atomic E-state index is -0.124. The lowest BCUT2D eigenvalue weighted by molar-refractivity contribution is 0.101. The van der Waals surface area contributed by atoms with E-state index in [4.69, 9.17) is 4.74 Å². The lowest BCUT2D eigenvalue weighted by Gasteiger charge is -2.10. The first-order chi connectivity index (χ1) is 17.8. The first-order valence-electron chi connectivity index (χ1n) is 12.3. The van der Waals surface area contributed by atoms with Crippen LogP contribution in [0.1, 0.15) is 54.1 Å². The van der Waals surface area contributed by atoms with Gasteiger partial charge in [0.15, 0.2) is 0 Å². The van der Waals surface area contributed by atoms with Gasteiger partial charge in [0.2, 0.25) is 0 Å². The van der Waals surface area contributed by atoms with E-state index in [1.54, 1.807) is 0 Å². The molecule has 0 spiro atoms. The van der Waals surface area contributed by atoms with Crippen LogP contribution in [-0.4, -0.2) is 11.8 Å². The Hall–Kier alpha value is -4.22. The first-order valence-corrected chi connectivity index (χ1v) is 12.3. The molecule has 0 aliphatic rings. The van der Waals surface area contributed by atoms with Crippen LogP contribution in [-0.2, 0) is 18.0 Å². The molecule has 5 heteroatoms. The fourth-order valence-corrected chi connectivity index (χ4v) is 3.83. The number of amides is 2. The molecule has 0 fully saturated rings. The summed E-state index contributed by atoms with van der Waals surface area (Å²) in [6, 6.07) is 26.7. The number of carbonyl (C=O) groups is 2. The van der Waals surface area contributed by atoms with Crippen molar-refractivity contribution in [3.63, 3.8) is 0 Å². The van der Waals surface area contributed by atoms with Gasteiger partial charge in [-0.15, -0.1) is 0 Å². The van der Waals surface area contributed by atoms with E-state index in [1.807, 2.05) is 113 Å². The van der Waals surface area contributed by atoms with Crippen molar-refractivity contribution in [2.75, 3.05) is 10.6 Å². The molecule has 188 valence electrons. The van der Waals surface area contributed by atoms with Crippen LogP contribution < -0.4 is 10.6 Å². The van der Waals surface area contributed by atoms with Crippen LogP contribution in [0, 0.1) is 27.7 Å². The number of hydrogen-bond acceptors (Lipinski definition) is 3. The summed E-state index contributed by atoms with van der Waals surface area (Å²) in [5.41, 5.74) is 9.32. The van der Waals surface area contributed by atoms with Crippen LogP contribution in [0.25, 0.3) is 0 Å². The lowest BCUT2D eigenvalue weighted by atomic mass is 10.1. The van der Waals surface area contributed by atoms with Gasteiger partial charge in [-0.2, -0.15) is 0 Å². The number of carbonyl (C=O) groups excluding carboxylic acids is 2. The Morgan fingerprint density at radius 2 is 0.919 bits per heavy atom. The van der Waals surface area contributed by atoms with Gasteiger partial charge in [0.05, 0.1) is 13.2 Å². The third-order valence-corrected chi connectivity index (χ3v) is 6.50. The van der Waals surface area contributed by atoms with Crippen LogP contribution in [0.5, 0.6) is 0 Å². The number of hydrogen-bond donors (Lipinski definition) is 2. The molecule has 4 rings (SSSR count).